The highest BCUT2D eigenvalue weighted by atomic mass is 35.5. The smallest absolute Gasteiger partial charge is 0.322 e. The van der Waals surface area contributed by atoms with Gasteiger partial charge < -0.3 is 14.8 Å². The van der Waals surface area contributed by atoms with Gasteiger partial charge in [-0.1, -0.05) is 53.0 Å². The van der Waals surface area contributed by atoms with Crippen molar-refractivity contribution in [2.75, 3.05) is 11.9 Å². The number of anilines is 1. The number of carbonyl (C=O) groups is 1. The summed E-state index contributed by atoms with van der Waals surface area (Å²) in [7, 11) is 0. The molecule has 1 N–H and O–H groups in total. The fraction of sp³-hybridized carbons (Fsp3) is 0.227. The molecule has 0 radical (unpaired) electrons. The van der Waals surface area contributed by atoms with Crippen molar-refractivity contribution in [1.29, 1.82) is 0 Å². The molecule has 3 aromatic rings. The Labute approximate surface area is 174 Å². The summed E-state index contributed by atoms with van der Waals surface area (Å²) in [5.41, 5.74) is 4.02. The standard InChI is InChI=1S/C22H21Cl2N3O/c1-15-5-2-6-16(13-15)21-20-7-3-10-26(20)11-4-12-27(21)22(28)25-17-8-9-18(23)19(24)14-17/h2-3,5-10,13-14,21H,4,11-12H2,1H3,(H,25,28). The molecule has 1 aliphatic heterocycles. The van der Waals surface area contributed by atoms with Crippen LogP contribution < -0.4 is 5.32 Å². The van der Waals surface area contributed by atoms with Gasteiger partial charge in [-0.25, -0.2) is 4.79 Å². The Morgan fingerprint density at radius 2 is 1.89 bits per heavy atom. The lowest BCUT2D eigenvalue weighted by molar-refractivity contribution is 0.199. The average Bonchev–Trinajstić information content (AvgIpc) is 3.04. The summed E-state index contributed by atoms with van der Waals surface area (Å²) in [4.78, 5) is 15.1. The van der Waals surface area contributed by atoms with Gasteiger partial charge in [0, 0.05) is 30.7 Å². The topological polar surface area (TPSA) is 37.3 Å². The molecule has 2 amide bonds. The number of urea groups is 1. The number of benzene rings is 2. The quantitative estimate of drug-likeness (QED) is 0.538. The van der Waals surface area contributed by atoms with E-state index in [4.69, 9.17) is 23.2 Å². The summed E-state index contributed by atoms with van der Waals surface area (Å²) in [6.07, 6.45) is 2.97. The van der Waals surface area contributed by atoms with Crippen LogP contribution in [0.2, 0.25) is 10.0 Å². The van der Waals surface area contributed by atoms with Crippen molar-refractivity contribution in [3.8, 4) is 0 Å². The van der Waals surface area contributed by atoms with Crippen LogP contribution in [0, 0.1) is 6.92 Å². The van der Waals surface area contributed by atoms with Crippen LogP contribution in [0.5, 0.6) is 0 Å². The van der Waals surface area contributed by atoms with Crippen LogP contribution in [-0.2, 0) is 6.54 Å². The van der Waals surface area contributed by atoms with Crippen LogP contribution >= 0.6 is 23.2 Å². The summed E-state index contributed by atoms with van der Waals surface area (Å²) < 4.78 is 2.24. The lowest BCUT2D eigenvalue weighted by Gasteiger charge is -2.31. The number of carbonyl (C=O) groups excluding carboxylic acids is 1. The minimum Gasteiger partial charge on any atom is -0.349 e. The third-order valence-corrected chi connectivity index (χ3v) is 5.78. The monoisotopic (exact) mass is 413 g/mol. The van der Waals surface area contributed by atoms with E-state index in [1.807, 2.05) is 17.0 Å². The van der Waals surface area contributed by atoms with Crippen LogP contribution in [0.15, 0.2) is 60.8 Å². The summed E-state index contributed by atoms with van der Waals surface area (Å²) >= 11 is 12.1. The second-order valence-electron chi connectivity index (χ2n) is 7.05. The molecule has 1 unspecified atom stereocenters. The van der Waals surface area contributed by atoms with Gasteiger partial charge in [0.2, 0.25) is 0 Å². The Morgan fingerprint density at radius 1 is 1.04 bits per heavy atom. The molecule has 1 aliphatic rings. The van der Waals surface area contributed by atoms with E-state index in [-0.39, 0.29) is 12.1 Å². The lowest BCUT2D eigenvalue weighted by atomic mass is 10.0. The Hall–Kier alpha value is -2.43. The van der Waals surface area contributed by atoms with Gasteiger partial charge >= 0.3 is 6.03 Å². The van der Waals surface area contributed by atoms with Gasteiger partial charge in [-0.2, -0.15) is 0 Å². The van der Waals surface area contributed by atoms with E-state index >= 15 is 0 Å². The van der Waals surface area contributed by atoms with E-state index in [1.54, 1.807) is 18.2 Å². The zero-order valence-corrected chi connectivity index (χ0v) is 17.0. The fourth-order valence-electron chi connectivity index (χ4n) is 3.76. The highest BCUT2D eigenvalue weighted by molar-refractivity contribution is 6.42. The van der Waals surface area contributed by atoms with Gasteiger partial charge in [0.25, 0.3) is 0 Å². The van der Waals surface area contributed by atoms with Crippen molar-refractivity contribution in [3.63, 3.8) is 0 Å². The molecular formula is C22H21Cl2N3O. The summed E-state index contributed by atoms with van der Waals surface area (Å²) in [5, 5.41) is 3.86. The van der Waals surface area contributed by atoms with Crippen molar-refractivity contribution in [2.45, 2.75) is 25.9 Å². The van der Waals surface area contributed by atoms with Crippen LogP contribution in [0.25, 0.3) is 0 Å². The lowest BCUT2D eigenvalue weighted by Crippen LogP contribution is -2.38. The number of nitrogens with one attached hydrogen (secondary N) is 1. The zero-order valence-electron chi connectivity index (χ0n) is 15.5. The van der Waals surface area contributed by atoms with Crippen LogP contribution in [0.3, 0.4) is 0 Å². The van der Waals surface area contributed by atoms with E-state index in [2.05, 4.69) is 47.3 Å². The van der Waals surface area contributed by atoms with E-state index < -0.39 is 0 Å². The first-order valence-corrected chi connectivity index (χ1v) is 10.0. The fourth-order valence-corrected chi connectivity index (χ4v) is 4.06. The van der Waals surface area contributed by atoms with Crippen molar-refractivity contribution >= 4 is 34.9 Å². The van der Waals surface area contributed by atoms with Crippen LogP contribution in [0.1, 0.15) is 29.3 Å². The summed E-state index contributed by atoms with van der Waals surface area (Å²) in [6.45, 7) is 3.62. The molecule has 0 spiro atoms. The van der Waals surface area contributed by atoms with Crippen molar-refractivity contribution in [2.24, 2.45) is 0 Å². The Morgan fingerprint density at radius 3 is 2.68 bits per heavy atom. The third-order valence-electron chi connectivity index (χ3n) is 5.04. The maximum absolute atomic E-state index is 13.2. The van der Waals surface area contributed by atoms with Crippen LogP contribution in [0.4, 0.5) is 10.5 Å². The minimum absolute atomic E-state index is 0.153. The zero-order chi connectivity index (χ0) is 19.7. The molecule has 2 heterocycles. The highest BCUT2D eigenvalue weighted by Crippen LogP contribution is 2.33. The maximum atomic E-state index is 13.2. The number of fused-ring (bicyclic) bond motifs is 1. The maximum Gasteiger partial charge on any atom is 0.322 e. The molecule has 4 rings (SSSR count). The molecule has 144 valence electrons. The predicted molar refractivity (Wildman–Crippen MR) is 114 cm³/mol. The molecule has 0 saturated carbocycles. The molecule has 28 heavy (non-hydrogen) atoms. The van der Waals surface area contributed by atoms with Crippen LogP contribution in [-0.4, -0.2) is 22.0 Å². The number of aryl methyl sites for hydroxylation is 2. The molecule has 2 aromatic carbocycles. The van der Waals surface area contributed by atoms with Crippen molar-refractivity contribution < 1.29 is 4.79 Å². The van der Waals surface area contributed by atoms with Gasteiger partial charge in [-0.15, -0.1) is 0 Å². The number of halogens is 2. The van der Waals surface area contributed by atoms with Crippen molar-refractivity contribution in [3.05, 3.63) is 87.7 Å². The molecule has 4 nitrogen and oxygen atoms in total. The second kappa shape index (κ2) is 7.90. The molecule has 0 fully saturated rings. The number of aromatic nitrogens is 1. The van der Waals surface area contributed by atoms with Gasteiger partial charge in [-0.05, 0) is 49.2 Å². The summed E-state index contributed by atoms with van der Waals surface area (Å²) in [6, 6.07) is 17.3. The van der Waals surface area contributed by atoms with Gasteiger partial charge in [-0.3, -0.25) is 0 Å². The van der Waals surface area contributed by atoms with E-state index in [9.17, 15) is 4.79 Å². The number of hydrogen-bond donors (Lipinski definition) is 1. The van der Waals surface area contributed by atoms with Gasteiger partial charge in [0.15, 0.2) is 0 Å². The Bertz CT molecular complexity index is 1010. The van der Waals surface area contributed by atoms with Gasteiger partial charge in [0.1, 0.15) is 0 Å². The molecular weight excluding hydrogens is 393 g/mol. The number of rotatable bonds is 2. The highest BCUT2D eigenvalue weighted by Gasteiger charge is 2.31. The normalized spacial score (nSPS) is 16.4. The van der Waals surface area contributed by atoms with E-state index in [0.717, 1.165) is 24.2 Å². The molecule has 1 atom stereocenters. The first-order valence-electron chi connectivity index (χ1n) is 9.27. The van der Waals surface area contributed by atoms with Crippen molar-refractivity contribution in [1.82, 2.24) is 9.47 Å². The Balaban J connectivity index is 1.70. The number of nitrogens with zero attached hydrogens (tertiary/aromatic N) is 2. The Kier molecular flexibility index (Phi) is 5.33. The minimum atomic E-state index is -0.153. The molecule has 0 bridgehead atoms. The largest absolute Gasteiger partial charge is 0.349 e. The number of hydrogen-bond acceptors (Lipinski definition) is 1. The predicted octanol–water partition coefficient (Wildman–Crippen LogP) is 6.13. The first-order chi connectivity index (χ1) is 13.5. The third kappa shape index (κ3) is 3.75. The first kappa shape index (κ1) is 18.9. The molecule has 0 aliphatic carbocycles. The molecule has 0 saturated heterocycles. The molecule has 1 aromatic heterocycles. The second-order valence-corrected chi connectivity index (χ2v) is 7.86. The SMILES string of the molecule is Cc1cccc(C2c3cccn3CCCN2C(=O)Nc2ccc(Cl)c(Cl)c2)c1. The van der Waals surface area contributed by atoms with Gasteiger partial charge in [0.05, 0.1) is 16.1 Å². The average molecular weight is 414 g/mol. The van der Waals surface area contributed by atoms with E-state index in [1.165, 1.54) is 5.56 Å². The van der Waals surface area contributed by atoms with E-state index in [0.29, 0.717) is 22.3 Å². The summed E-state index contributed by atoms with van der Waals surface area (Å²) in [5.74, 6) is 0. The molecule has 6 heteroatoms. The number of amides is 2.